The Kier molecular flexibility index (Phi) is 6.08. The number of rotatable bonds is 3. The summed E-state index contributed by atoms with van der Waals surface area (Å²) in [6.07, 6.45) is 4.43. The van der Waals surface area contributed by atoms with E-state index in [2.05, 4.69) is 33.2 Å². The van der Waals surface area contributed by atoms with Gasteiger partial charge in [-0.25, -0.2) is 0 Å². The Bertz CT molecular complexity index is 918. The first kappa shape index (κ1) is 20.0. The zero-order valence-corrected chi connectivity index (χ0v) is 17.0. The summed E-state index contributed by atoms with van der Waals surface area (Å²) in [5, 5.41) is 2.52. The van der Waals surface area contributed by atoms with Gasteiger partial charge in [0.25, 0.3) is 0 Å². The van der Waals surface area contributed by atoms with E-state index >= 15 is 0 Å². The molecule has 8 heteroatoms. The van der Waals surface area contributed by atoms with Crippen LogP contribution >= 0.6 is 15.9 Å². The molecule has 7 nitrogen and oxygen atoms in total. The first-order valence-corrected chi connectivity index (χ1v) is 9.76. The first-order valence-electron chi connectivity index (χ1n) is 8.97. The first-order chi connectivity index (χ1) is 13.3. The number of halogens is 1. The Labute approximate surface area is 171 Å². The van der Waals surface area contributed by atoms with Gasteiger partial charge in [-0.3, -0.25) is 19.4 Å². The molecule has 1 aromatic heterocycles. The summed E-state index contributed by atoms with van der Waals surface area (Å²) in [7, 11) is 0. The van der Waals surface area contributed by atoms with Crippen LogP contribution in [0, 0.1) is 5.92 Å². The fourth-order valence-electron chi connectivity index (χ4n) is 3.40. The lowest BCUT2D eigenvalue weighted by Gasteiger charge is -2.38. The van der Waals surface area contributed by atoms with Crippen molar-refractivity contribution in [3.8, 4) is 0 Å². The molecule has 2 aromatic rings. The van der Waals surface area contributed by atoms with E-state index in [1.165, 1.54) is 18.5 Å². The minimum absolute atomic E-state index is 0.156. The second-order valence-electron chi connectivity index (χ2n) is 6.99. The van der Waals surface area contributed by atoms with Crippen LogP contribution in [-0.2, 0) is 9.59 Å². The largest absolute Gasteiger partial charge is 0.366 e. The summed E-state index contributed by atoms with van der Waals surface area (Å²) < 4.78 is 0.926. The number of likely N-dealkylation sites (tertiary alicyclic amines) is 1. The predicted octanol–water partition coefficient (Wildman–Crippen LogP) is 2.88. The van der Waals surface area contributed by atoms with Crippen molar-refractivity contribution in [2.24, 2.45) is 11.7 Å². The summed E-state index contributed by atoms with van der Waals surface area (Å²) in [6.45, 7) is 2.57. The van der Waals surface area contributed by atoms with Gasteiger partial charge in [-0.05, 0) is 42.5 Å². The number of hydrogen-bond donors (Lipinski definition) is 2. The highest BCUT2D eigenvalue weighted by molar-refractivity contribution is 9.10. The number of anilines is 1. The van der Waals surface area contributed by atoms with Crippen LogP contribution in [0.5, 0.6) is 0 Å². The topological polar surface area (TPSA) is 105 Å². The van der Waals surface area contributed by atoms with Crippen LogP contribution in [0.1, 0.15) is 41.7 Å². The Hall–Kier alpha value is -2.74. The van der Waals surface area contributed by atoms with Gasteiger partial charge in [0.15, 0.2) is 0 Å². The van der Waals surface area contributed by atoms with Crippen LogP contribution in [0.2, 0.25) is 0 Å². The normalized spacial score (nSPS) is 19.1. The van der Waals surface area contributed by atoms with Crippen LogP contribution in [0.3, 0.4) is 0 Å². The molecule has 146 valence electrons. The number of amides is 3. The van der Waals surface area contributed by atoms with Gasteiger partial charge in [-0.1, -0.05) is 35.0 Å². The third-order valence-electron chi connectivity index (χ3n) is 4.79. The number of primary amides is 1. The van der Waals surface area contributed by atoms with E-state index < -0.39 is 17.7 Å². The molecule has 3 rings (SSSR count). The summed E-state index contributed by atoms with van der Waals surface area (Å²) >= 11 is 3.46. The van der Waals surface area contributed by atoms with Gasteiger partial charge in [0, 0.05) is 17.2 Å². The summed E-state index contributed by atoms with van der Waals surface area (Å²) in [5.74, 6) is -1.73. The molecular formula is C20H21BrN4O3. The second kappa shape index (κ2) is 8.52. The molecule has 1 saturated heterocycles. The van der Waals surface area contributed by atoms with Gasteiger partial charge >= 0.3 is 11.8 Å². The molecule has 0 radical (unpaired) electrons. The number of piperidine rings is 1. The molecule has 28 heavy (non-hydrogen) atoms. The fraction of sp³-hybridized carbons (Fsp3) is 0.300. The van der Waals surface area contributed by atoms with E-state index in [0.717, 1.165) is 22.9 Å². The quantitative estimate of drug-likeness (QED) is 0.709. The zero-order chi connectivity index (χ0) is 20.3. The Morgan fingerprint density at radius 1 is 1.21 bits per heavy atom. The predicted molar refractivity (Wildman–Crippen MR) is 108 cm³/mol. The smallest absolute Gasteiger partial charge is 0.313 e. The van der Waals surface area contributed by atoms with E-state index in [4.69, 9.17) is 5.73 Å². The molecular weight excluding hydrogens is 424 g/mol. The lowest BCUT2D eigenvalue weighted by molar-refractivity contribution is -0.146. The minimum Gasteiger partial charge on any atom is -0.366 e. The summed E-state index contributed by atoms with van der Waals surface area (Å²) in [5.41, 5.74) is 6.62. The number of nitrogens with zero attached hydrogens (tertiary/aromatic N) is 2. The van der Waals surface area contributed by atoms with Crippen LogP contribution < -0.4 is 11.1 Å². The number of pyridine rings is 1. The van der Waals surface area contributed by atoms with E-state index in [9.17, 15) is 14.4 Å². The van der Waals surface area contributed by atoms with Crippen molar-refractivity contribution < 1.29 is 14.4 Å². The van der Waals surface area contributed by atoms with Crippen molar-refractivity contribution in [1.29, 1.82) is 0 Å². The molecule has 0 aliphatic carbocycles. The van der Waals surface area contributed by atoms with Gasteiger partial charge in [-0.2, -0.15) is 0 Å². The minimum atomic E-state index is -0.766. The van der Waals surface area contributed by atoms with Gasteiger partial charge in [0.2, 0.25) is 5.91 Å². The third kappa shape index (κ3) is 4.56. The number of carbonyl (C=O) groups is 3. The highest BCUT2D eigenvalue weighted by Gasteiger charge is 2.34. The molecule has 1 aliphatic rings. The van der Waals surface area contributed by atoms with Crippen molar-refractivity contribution in [1.82, 2.24) is 9.88 Å². The number of aromatic nitrogens is 1. The third-order valence-corrected chi connectivity index (χ3v) is 5.28. The van der Waals surface area contributed by atoms with Gasteiger partial charge in [0.1, 0.15) is 0 Å². The van der Waals surface area contributed by atoms with Crippen molar-refractivity contribution in [2.45, 2.75) is 25.8 Å². The molecule has 1 aliphatic heterocycles. The van der Waals surface area contributed by atoms with Gasteiger partial charge in [-0.15, -0.1) is 0 Å². The average molecular weight is 445 g/mol. The Morgan fingerprint density at radius 2 is 2.00 bits per heavy atom. The molecule has 0 bridgehead atoms. The van der Waals surface area contributed by atoms with Crippen molar-refractivity contribution in [3.63, 3.8) is 0 Å². The standard InChI is InChI=1S/C20H21BrN4O3/c1-12-5-6-17(13-3-2-4-15(21)7-13)25(11-12)20(28)19(27)24-16-8-14(18(22)26)9-23-10-16/h2-4,7-10,12,17H,5-6,11H2,1H3,(H2,22,26)(H,24,27). The van der Waals surface area contributed by atoms with Crippen LogP contribution in [-0.4, -0.2) is 34.2 Å². The highest BCUT2D eigenvalue weighted by atomic mass is 79.9. The molecule has 0 spiro atoms. The van der Waals surface area contributed by atoms with Gasteiger partial charge in [0.05, 0.1) is 23.5 Å². The van der Waals surface area contributed by atoms with Crippen LogP contribution in [0.4, 0.5) is 5.69 Å². The number of nitrogens with two attached hydrogens (primary N) is 1. The number of benzene rings is 1. The van der Waals surface area contributed by atoms with E-state index in [1.807, 2.05) is 24.3 Å². The monoisotopic (exact) mass is 444 g/mol. The zero-order valence-electron chi connectivity index (χ0n) is 15.4. The maximum absolute atomic E-state index is 12.9. The number of carbonyl (C=O) groups excluding carboxylic acids is 3. The molecule has 2 heterocycles. The molecule has 1 aromatic carbocycles. The van der Waals surface area contributed by atoms with Crippen LogP contribution in [0.15, 0.2) is 47.2 Å². The molecule has 1 fully saturated rings. The lowest BCUT2D eigenvalue weighted by atomic mass is 9.90. The SMILES string of the molecule is CC1CCC(c2cccc(Br)c2)N(C(=O)C(=O)Nc2cncc(C(N)=O)c2)C1. The highest BCUT2D eigenvalue weighted by Crippen LogP contribution is 2.34. The van der Waals surface area contributed by atoms with E-state index in [1.54, 1.807) is 4.90 Å². The Morgan fingerprint density at radius 3 is 2.71 bits per heavy atom. The summed E-state index contributed by atoms with van der Waals surface area (Å²) in [6, 6.07) is 9.00. The van der Waals surface area contributed by atoms with Crippen LogP contribution in [0.25, 0.3) is 0 Å². The average Bonchev–Trinajstić information content (AvgIpc) is 2.67. The maximum Gasteiger partial charge on any atom is 0.313 e. The molecule has 2 unspecified atom stereocenters. The van der Waals surface area contributed by atoms with Crippen molar-refractivity contribution in [3.05, 3.63) is 58.3 Å². The lowest BCUT2D eigenvalue weighted by Crippen LogP contribution is -2.46. The van der Waals surface area contributed by atoms with E-state index in [-0.39, 0.29) is 17.3 Å². The molecule has 3 amide bonds. The fourth-order valence-corrected chi connectivity index (χ4v) is 3.81. The molecule has 2 atom stereocenters. The summed E-state index contributed by atoms with van der Waals surface area (Å²) in [4.78, 5) is 42.3. The number of hydrogen-bond acceptors (Lipinski definition) is 4. The van der Waals surface area contributed by atoms with E-state index in [0.29, 0.717) is 12.5 Å². The molecule has 0 saturated carbocycles. The maximum atomic E-state index is 12.9. The second-order valence-corrected chi connectivity index (χ2v) is 7.91. The number of nitrogens with one attached hydrogen (secondary N) is 1. The Balaban J connectivity index is 1.80. The molecule has 3 N–H and O–H groups in total. The van der Waals surface area contributed by atoms with Crippen molar-refractivity contribution >= 4 is 39.3 Å². The van der Waals surface area contributed by atoms with Gasteiger partial charge < -0.3 is 16.0 Å². The van der Waals surface area contributed by atoms with Crippen molar-refractivity contribution in [2.75, 3.05) is 11.9 Å².